The van der Waals surface area contributed by atoms with Gasteiger partial charge in [-0.25, -0.2) is 14.8 Å². The van der Waals surface area contributed by atoms with Gasteiger partial charge in [-0.1, -0.05) is 23.7 Å². The maximum atomic E-state index is 11.4. The quantitative estimate of drug-likeness (QED) is 0.717. The highest BCUT2D eigenvalue weighted by Gasteiger charge is 2.06. The number of nitrogens with one attached hydrogen (secondary N) is 1. The normalized spacial score (nSPS) is 10.2. The van der Waals surface area contributed by atoms with Crippen LogP contribution in [-0.4, -0.2) is 23.0 Å². The molecule has 0 amide bonds. The summed E-state index contributed by atoms with van der Waals surface area (Å²) in [5.41, 5.74) is 3.00. The molecule has 1 heterocycles. The molecule has 0 unspecified atom stereocenters. The first kappa shape index (κ1) is 16.0. The number of carbonyl (C=O) groups is 1. The molecule has 0 aliphatic heterocycles. The standard InChI is InChI=1S/C18H14ClN3O2/c1-24-17(23)13-4-8-15(9-5-13)21-18-20-11-10-16(22-18)12-2-6-14(19)7-3-12/h2-11H,1H3,(H,20,21,22). The predicted molar refractivity (Wildman–Crippen MR) is 93.5 cm³/mol. The summed E-state index contributed by atoms with van der Waals surface area (Å²) in [5.74, 6) is 0.0933. The van der Waals surface area contributed by atoms with Gasteiger partial charge >= 0.3 is 5.97 Å². The highest BCUT2D eigenvalue weighted by molar-refractivity contribution is 6.30. The molecule has 5 nitrogen and oxygen atoms in total. The minimum atomic E-state index is -0.373. The lowest BCUT2D eigenvalue weighted by Crippen LogP contribution is -2.02. The number of esters is 1. The van der Waals surface area contributed by atoms with E-state index in [0.29, 0.717) is 16.5 Å². The van der Waals surface area contributed by atoms with Crippen LogP contribution in [0, 0.1) is 0 Å². The number of hydrogen-bond acceptors (Lipinski definition) is 5. The topological polar surface area (TPSA) is 64.1 Å². The Morgan fingerprint density at radius 3 is 2.42 bits per heavy atom. The van der Waals surface area contributed by atoms with Gasteiger partial charge in [0.2, 0.25) is 5.95 Å². The van der Waals surface area contributed by atoms with Gasteiger partial charge in [-0.05, 0) is 42.5 Å². The lowest BCUT2D eigenvalue weighted by molar-refractivity contribution is 0.0601. The Hall–Kier alpha value is -2.92. The zero-order chi connectivity index (χ0) is 16.9. The fourth-order valence-electron chi connectivity index (χ4n) is 2.14. The van der Waals surface area contributed by atoms with E-state index in [1.165, 1.54) is 7.11 Å². The lowest BCUT2D eigenvalue weighted by Gasteiger charge is -2.07. The second-order valence-electron chi connectivity index (χ2n) is 4.97. The summed E-state index contributed by atoms with van der Waals surface area (Å²) in [6.07, 6.45) is 1.68. The largest absolute Gasteiger partial charge is 0.465 e. The number of benzene rings is 2. The van der Waals surface area contributed by atoms with Crippen LogP contribution in [0.1, 0.15) is 10.4 Å². The van der Waals surface area contributed by atoms with Crippen LogP contribution in [0.3, 0.4) is 0 Å². The van der Waals surface area contributed by atoms with Crippen molar-refractivity contribution < 1.29 is 9.53 Å². The Labute approximate surface area is 144 Å². The Kier molecular flexibility index (Phi) is 4.72. The first-order valence-corrected chi connectivity index (χ1v) is 7.58. The summed E-state index contributed by atoms with van der Waals surface area (Å²) < 4.78 is 4.67. The maximum Gasteiger partial charge on any atom is 0.337 e. The summed E-state index contributed by atoms with van der Waals surface area (Å²) in [6, 6.07) is 16.2. The lowest BCUT2D eigenvalue weighted by atomic mass is 10.1. The molecule has 0 fully saturated rings. The number of nitrogens with zero attached hydrogens (tertiary/aromatic N) is 2. The van der Waals surface area contributed by atoms with E-state index in [2.05, 4.69) is 20.0 Å². The van der Waals surface area contributed by atoms with Gasteiger partial charge in [-0.15, -0.1) is 0 Å². The third-order valence-electron chi connectivity index (χ3n) is 3.36. The van der Waals surface area contributed by atoms with Crippen LogP contribution in [0.4, 0.5) is 11.6 Å². The zero-order valence-corrected chi connectivity index (χ0v) is 13.6. The van der Waals surface area contributed by atoms with Gasteiger partial charge in [0.1, 0.15) is 0 Å². The van der Waals surface area contributed by atoms with Crippen LogP contribution in [-0.2, 0) is 4.74 Å². The zero-order valence-electron chi connectivity index (χ0n) is 12.9. The van der Waals surface area contributed by atoms with Gasteiger partial charge in [0.15, 0.2) is 0 Å². The Morgan fingerprint density at radius 2 is 1.75 bits per heavy atom. The molecule has 2 aromatic carbocycles. The highest BCUT2D eigenvalue weighted by Crippen LogP contribution is 2.21. The molecule has 120 valence electrons. The number of aromatic nitrogens is 2. The van der Waals surface area contributed by atoms with Crippen molar-refractivity contribution in [2.75, 3.05) is 12.4 Å². The molecule has 6 heteroatoms. The minimum Gasteiger partial charge on any atom is -0.465 e. The summed E-state index contributed by atoms with van der Waals surface area (Å²) in [5, 5.41) is 3.79. The van der Waals surface area contributed by atoms with Crippen molar-refractivity contribution in [3.05, 3.63) is 71.4 Å². The van der Waals surface area contributed by atoms with Crippen molar-refractivity contribution in [2.45, 2.75) is 0 Å². The number of methoxy groups -OCH3 is 1. The van der Waals surface area contributed by atoms with Crippen LogP contribution >= 0.6 is 11.6 Å². The number of hydrogen-bond donors (Lipinski definition) is 1. The second kappa shape index (κ2) is 7.10. The highest BCUT2D eigenvalue weighted by atomic mass is 35.5. The number of carbonyl (C=O) groups excluding carboxylic acids is 1. The fourth-order valence-corrected chi connectivity index (χ4v) is 2.26. The number of halogens is 1. The van der Waals surface area contributed by atoms with E-state index in [1.54, 1.807) is 30.5 Å². The molecule has 0 spiro atoms. The summed E-state index contributed by atoms with van der Waals surface area (Å²) in [4.78, 5) is 20.1. The third kappa shape index (κ3) is 3.70. The molecule has 1 aromatic heterocycles. The molecule has 3 rings (SSSR count). The van der Waals surface area contributed by atoms with Crippen LogP contribution in [0.25, 0.3) is 11.3 Å². The molecule has 0 saturated heterocycles. The number of anilines is 2. The third-order valence-corrected chi connectivity index (χ3v) is 3.61. The maximum absolute atomic E-state index is 11.4. The monoisotopic (exact) mass is 339 g/mol. The SMILES string of the molecule is COC(=O)c1ccc(Nc2nccc(-c3ccc(Cl)cc3)n2)cc1. The van der Waals surface area contributed by atoms with E-state index in [9.17, 15) is 4.79 Å². The van der Waals surface area contributed by atoms with Gasteiger partial charge in [-0.3, -0.25) is 0 Å². The molecular weight excluding hydrogens is 326 g/mol. The summed E-state index contributed by atoms with van der Waals surface area (Å²) >= 11 is 5.91. The van der Waals surface area contributed by atoms with Crippen molar-refractivity contribution in [1.29, 1.82) is 0 Å². The van der Waals surface area contributed by atoms with Gasteiger partial charge in [0, 0.05) is 22.5 Å². The van der Waals surface area contributed by atoms with E-state index in [-0.39, 0.29) is 5.97 Å². The van der Waals surface area contributed by atoms with Crippen molar-refractivity contribution >= 4 is 29.2 Å². The molecule has 0 bridgehead atoms. The van der Waals surface area contributed by atoms with Gasteiger partial charge < -0.3 is 10.1 Å². The fraction of sp³-hybridized carbons (Fsp3) is 0.0556. The van der Waals surface area contributed by atoms with E-state index in [1.807, 2.05) is 30.3 Å². The molecule has 3 aromatic rings. The summed E-state index contributed by atoms with van der Waals surface area (Å²) in [6.45, 7) is 0. The Morgan fingerprint density at radius 1 is 1.04 bits per heavy atom. The van der Waals surface area contributed by atoms with Crippen LogP contribution in [0.15, 0.2) is 60.8 Å². The van der Waals surface area contributed by atoms with Crippen molar-refractivity contribution in [2.24, 2.45) is 0 Å². The first-order valence-electron chi connectivity index (χ1n) is 7.20. The van der Waals surface area contributed by atoms with Crippen molar-refractivity contribution in [3.8, 4) is 11.3 Å². The average molecular weight is 340 g/mol. The van der Waals surface area contributed by atoms with Crippen LogP contribution < -0.4 is 5.32 Å². The van der Waals surface area contributed by atoms with Crippen LogP contribution in [0.5, 0.6) is 0 Å². The smallest absolute Gasteiger partial charge is 0.337 e. The average Bonchev–Trinajstić information content (AvgIpc) is 2.62. The number of rotatable bonds is 4. The predicted octanol–water partition coefficient (Wildman–Crippen LogP) is 4.33. The Balaban J connectivity index is 1.79. The molecule has 24 heavy (non-hydrogen) atoms. The molecule has 0 atom stereocenters. The molecule has 0 aliphatic rings. The van der Waals surface area contributed by atoms with E-state index in [4.69, 9.17) is 11.6 Å². The molecule has 1 N–H and O–H groups in total. The van der Waals surface area contributed by atoms with E-state index >= 15 is 0 Å². The van der Waals surface area contributed by atoms with Crippen molar-refractivity contribution in [1.82, 2.24) is 9.97 Å². The minimum absolute atomic E-state index is 0.373. The molecule has 0 aliphatic carbocycles. The van der Waals surface area contributed by atoms with Crippen LogP contribution in [0.2, 0.25) is 5.02 Å². The first-order chi connectivity index (χ1) is 11.7. The molecular formula is C18H14ClN3O2. The van der Waals surface area contributed by atoms with E-state index in [0.717, 1.165) is 16.9 Å². The second-order valence-corrected chi connectivity index (χ2v) is 5.40. The summed E-state index contributed by atoms with van der Waals surface area (Å²) in [7, 11) is 1.35. The Bertz CT molecular complexity index is 849. The van der Waals surface area contributed by atoms with Gasteiger partial charge in [-0.2, -0.15) is 0 Å². The van der Waals surface area contributed by atoms with Gasteiger partial charge in [0.05, 0.1) is 18.4 Å². The van der Waals surface area contributed by atoms with E-state index < -0.39 is 0 Å². The molecule has 0 saturated carbocycles. The number of ether oxygens (including phenoxy) is 1. The van der Waals surface area contributed by atoms with Gasteiger partial charge in [0.25, 0.3) is 0 Å². The van der Waals surface area contributed by atoms with Crippen molar-refractivity contribution in [3.63, 3.8) is 0 Å². The molecule has 0 radical (unpaired) electrons.